The van der Waals surface area contributed by atoms with Crippen molar-refractivity contribution in [2.45, 2.75) is 0 Å². The third-order valence-electron chi connectivity index (χ3n) is 10.5. The predicted molar refractivity (Wildman–Crippen MR) is 226 cm³/mol. The average Bonchev–Trinajstić information content (AvgIpc) is 3.82. The summed E-state index contributed by atoms with van der Waals surface area (Å²) >= 11 is 0. The topological polar surface area (TPSA) is 69.6 Å². The second-order valence-corrected chi connectivity index (χ2v) is 13.9. The molecule has 6 nitrogen and oxygen atoms in total. The molecule has 0 saturated carbocycles. The molecule has 7 aromatic carbocycles. The van der Waals surface area contributed by atoms with Crippen LogP contribution in [0.2, 0.25) is 0 Å². The van der Waals surface area contributed by atoms with Crippen molar-refractivity contribution in [1.29, 1.82) is 0 Å². The van der Waals surface area contributed by atoms with Gasteiger partial charge >= 0.3 is 0 Å². The fraction of sp³-hybridized carbons (Fsp3) is 0. The number of hydrogen-bond acceptors (Lipinski definition) is 5. The van der Waals surface area contributed by atoms with E-state index in [9.17, 15) is 0 Å². The molecule has 0 aliphatic heterocycles. The minimum absolute atomic E-state index is 0.545. The first-order valence-electron chi connectivity index (χ1n) is 18.6. The summed E-state index contributed by atoms with van der Waals surface area (Å²) in [6.07, 6.45) is 1.83. The van der Waals surface area contributed by atoms with Gasteiger partial charge in [-0.2, -0.15) is 0 Å². The summed E-state index contributed by atoms with van der Waals surface area (Å²) in [5.74, 6) is 2.47. The van der Waals surface area contributed by atoms with Crippen molar-refractivity contribution in [1.82, 2.24) is 24.5 Å². The summed E-state index contributed by atoms with van der Waals surface area (Å²) in [6.45, 7) is 0. The molecular formula is C50H31N5O. The van der Waals surface area contributed by atoms with Crippen LogP contribution in [0.5, 0.6) is 0 Å². The van der Waals surface area contributed by atoms with E-state index in [0.717, 1.165) is 88.5 Å². The SMILES string of the molecule is c1ccc(-c2ccc(-c3nc(-c4ccccc4)nc(-c4cccnc4-n4c5ccccc5c5cc(-c6cccc7c6oc6ccccc67)ccc54)n3)cc2)cc1. The molecule has 56 heavy (non-hydrogen) atoms. The highest BCUT2D eigenvalue weighted by Crippen LogP contribution is 2.40. The molecule has 0 amide bonds. The number of hydrogen-bond donors (Lipinski definition) is 0. The standard InChI is InChI=1S/C50H31N5O/c1-3-13-32(14-4-1)33-24-26-35(27-25-33)48-52-47(34-15-5-2-6-16-34)53-49(54-48)41-21-12-30-51-50(41)55-43-22-9-7-17-38(43)42-31-36(28-29-44(42)55)37-19-11-20-40-39-18-8-10-23-45(39)56-46(37)40/h1-31H. The van der Waals surface area contributed by atoms with Gasteiger partial charge in [-0.25, -0.2) is 19.9 Å². The Bertz CT molecular complexity index is 3240. The molecular weight excluding hydrogens is 687 g/mol. The number of furan rings is 1. The maximum atomic E-state index is 6.45. The van der Waals surface area contributed by atoms with Gasteiger partial charge in [0.1, 0.15) is 17.0 Å². The summed E-state index contributed by atoms with van der Waals surface area (Å²) in [7, 11) is 0. The average molecular weight is 718 g/mol. The molecule has 0 unspecified atom stereocenters. The highest BCUT2D eigenvalue weighted by Gasteiger charge is 2.21. The summed E-state index contributed by atoms with van der Waals surface area (Å²) in [5.41, 5.74) is 10.9. The number of aromatic nitrogens is 5. The van der Waals surface area contributed by atoms with Crippen LogP contribution in [0.3, 0.4) is 0 Å². The second kappa shape index (κ2) is 13.0. The van der Waals surface area contributed by atoms with Crippen LogP contribution in [-0.4, -0.2) is 24.5 Å². The van der Waals surface area contributed by atoms with Crippen LogP contribution in [0, 0.1) is 0 Å². The molecule has 11 rings (SSSR count). The Morgan fingerprint density at radius 3 is 1.75 bits per heavy atom. The molecule has 0 bridgehead atoms. The molecule has 0 aliphatic rings. The van der Waals surface area contributed by atoms with Crippen LogP contribution < -0.4 is 0 Å². The van der Waals surface area contributed by atoms with E-state index in [-0.39, 0.29) is 0 Å². The molecule has 0 spiro atoms. The van der Waals surface area contributed by atoms with Gasteiger partial charge in [0.2, 0.25) is 0 Å². The Kier molecular flexibility index (Phi) is 7.38. The molecule has 0 fully saturated rings. The van der Waals surface area contributed by atoms with E-state index < -0.39 is 0 Å². The summed E-state index contributed by atoms with van der Waals surface area (Å²) in [5, 5.41) is 4.46. The second-order valence-electron chi connectivity index (χ2n) is 13.9. The monoisotopic (exact) mass is 717 g/mol. The maximum absolute atomic E-state index is 6.45. The van der Waals surface area contributed by atoms with E-state index in [1.165, 1.54) is 0 Å². The number of nitrogens with zero attached hydrogens (tertiary/aromatic N) is 5. The molecule has 4 aromatic heterocycles. The normalized spacial score (nSPS) is 11.6. The summed E-state index contributed by atoms with van der Waals surface area (Å²) in [4.78, 5) is 20.3. The van der Waals surface area contributed by atoms with Crippen LogP contribution in [0.25, 0.3) is 106 Å². The first-order chi connectivity index (χ1) is 27.8. The molecule has 0 atom stereocenters. The van der Waals surface area contributed by atoms with E-state index in [2.05, 4.69) is 126 Å². The van der Waals surface area contributed by atoms with E-state index in [1.807, 2.05) is 66.9 Å². The van der Waals surface area contributed by atoms with Crippen molar-refractivity contribution in [2.75, 3.05) is 0 Å². The minimum atomic E-state index is 0.545. The van der Waals surface area contributed by atoms with E-state index in [1.54, 1.807) is 0 Å². The zero-order chi connectivity index (χ0) is 37.0. The largest absolute Gasteiger partial charge is 0.455 e. The fourth-order valence-electron chi connectivity index (χ4n) is 7.88. The first-order valence-corrected chi connectivity index (χ1v) is 18.6. The van der Waals surface area contributed by atoms with Gasteiger partial charge in [0, 0.05) is 44.4 Å². The number of pyridine rings is 1. The highest BCUT2D eigenvalue weighted by molar-refractivity contribution is 6.13. The Balaban J connectivity index is 1.09. The Morgan fingerprint density at radius 1 is 0.375 bits per heavy atom. The van der Waals surface area contributed by atoms with Crippen LogP contribution in [-0.2, 0) is 0 Å². The predicted octanol–water partition coefficient (Wildman–Crippen LogP) is 12.6. The molecule has 0 saturated heterocycles. The van der Waals surface area contributed by atoms with Crippen molar-refractivity contribution in [3.05, 3.63) is 188 Å². The Labute approximate surface area is 322 Å². The summed E-state index contributed by atoms with van der Waals surface area (Å²) in [6, 6.07) is 62.5. The van der Waals surface area contributed by atoms with Gasteiger partial charge in [0.25, 0.3) is 0 Å². The molecule has 6 heteroatoms. The Morgan fingerprint density at radius 2 is 0.946 bits per heavy atom. The van der Waals surface area contributed by atoms with Gasteiger partial charge in [-0.3, -0.25) is 4.57 Å². The maximum Gasteiger partial charge on any atom is 0.167 e. The third kappa shape index (κ3) is 5.27. The lowest BCUT2D eigenvalue weighted by molar-refractivity contribution is 0.670. The number of benzene rings is 7. The van der Waals surface area contributed by atoms with E-state index in [0.29, 0.717) is 17.5 Å². The van der Waals surface area contributed by atoms with Gasteiger partial charge in [0.15, 0.2) is 17.5 Å². The smallest absolute Gasteiger partial charge is 0.167 e. The lowest BCUT2D eigenvalue weighted by atomic mass is 10.0. The number of fused-ring (bicyclic) bond motifs is 6. The van der Waals surface area contributed by atoms with Crippen molar-refractivity contribution in [3.63, 3.8) is 0 Å². The fourth-order valence-corrected chi connectivity index (χ4v) is 7.88. The van der Waals surface area contributed by atoms with E-state index >= 15 is 0 Å². The van der Waals surface area contributed by atoms with Crippen LogP contribution in [0.4, 0.5) is 0 Å². The molecule has 4 heterocycles. The van der Waals surface area contributed by atoms with Gasteiger partial charge in [0.05, 0.1) is 16.6 Å². The zero-order valence-electron chi connectivity index (χ0n) is 30.0. The Hall–Kier alpha value is -7.70. The quantitative estimate of drug-likeness (QED) is 0.171. The molecule has 0 aliphatic carbocycles. The van der Waals surface area contributed by atoms with E-state index in [4.69, 9.17) is 24.4 Å². The van der Waals surface area contributed by atoms with Gasteiger partial charge in [-0.05, 0) is 53.1 Å². The van der Waals surface area contributed by atoms with Crippen molar-refractivity contribution in [2.24, 2.45) is 0 Å². The molecule has 262 valence electrons. The van der Waals surface area contributed by atoms with Crippen LogP contribution >= 0.6 is 0 Å². The lowest BCUT2D eigenvalue weighted by Gasteiger charge is -2.14. The minimum Gasteiger partial charge on any atom is -0.455 e. The van der Waals surface area contributed by atoms with Crippen molar-refractivity contribution in [3.8, 4) is 62.2 Å². The van der Waals surface area contributed by atoms with Gasteiger partial charge in [-0.1, -0.05) is 146 Å². The number of para-hydroxylation sites is 3. The van der Waals surface area contributed by atoms with Crippen LogP contribution in [0.1, 0.15) is 0 Å². The van der Waals surface area contributed by atoms with Gasteiger partial charge < -0.3 is 4.42 Å². The van der Waals surface area contributed by atoms with Crippen molar-refractivity contribution >= 4 is 43.7 Å². The molecule has 0 radical (unpaired) electrons. The first kappa shape index (κ1) is 31.8. The van der Waals surface area contributed by atoms with Crippen LogP contribution in [0.15, 0.2) is 193 Å². The number of rotatable bonds is 6. The molecule has 0 N–H and O–H groups in total. The third-order valence-corrected chi connectivity index (χ3v) is 10.5. The lowest BCUT2D eigenvalue weighted by Crippen LogP contribution is -2.05. The van der Waals surface area contributed by atoms with Crippen molar-refractivity contribution < 1.29 is 4.42 Å². The highest BCUT2D eigenvalue weighted by atomic mass is 16.3. The van der Waals surface area contributed by atoms with Gasteiger partial charge in [-0.15, -0.1) is 0 Å². The zero-order valence-corrected chi connectivity index (χ0v) is 30.0. The summed E-state index contributed by atoms with van der Waals surface area (Å²) < 4.78 is 8.68. The molecule has 11 aromatic rings.